The molecule has 0 bridgehead atoms. The maximum Gasteiger partial charge on any atom is 0.306 e. The zero-order valence-electron chi connectivity index (χ0n) is 45.2. The van der Waals surface area contributed by atoms with E-state index in [1.54, 1.807) is 0 Å². The molecule has 0 spiro atoms. The van der Waals surface area contributed by atoms with Gasteiger partial charge < -0.3 is 14.2 Å². The lowest BCUT2D eigenvalue weighted by Crippen LogP contribution is -2.30. The molecule has 0 aliphatic carbocycles. The van der Waals surface area contributed by atoms with Gasteiger partial charge >= 0.3 is 17.9 Å². The van der Waals surface area contributed by atoms with Crippen LogP contribution in [0.5, 0.6) is 0 Å². The Kier molecular flexibility index (Phi) is 53.0. The summed E-state index contributed by atoms with van der Waals surface area (Å²) in [7, 11) is 0. The molecule has 0 aromatic carbocycles. The lowest BCUT2D eigenvalue weighted by Gasteiger charge is -2.18. The number of hydrogen-bond acceptors (Lipinski definition) is 6. The van der Waals surface area contributed by atoms with E-state index < -0.39 is 6.10 Å². The van der Waals surface area contributed by atoms with Crippen molar-refractivity contribution in [1.82, 2.24) is 0 Å². The summed E-state index contributed by atoms with van der Waals surface area (Å²) in [6, 6.07) is 0. The first-order valence-corrected chi connectivity index (χ1v) is 29.9. The van der Waals surface area contributed by atoms with Crippen LogP contribution in [0.15, 0.2) is 0 Å². The highest BCUT2D eigenvalue weighted by Crippen LogP contribution is 2.19. The Labute approximate surface area is 412 Å². The smallest absolute Gasteiger partial charge is 0.306 e. The van der Waals surface area contributed by atoms with Gasteiger partial charge in [-0.05, 0) is 25.2 Å². The minimum atomic E-state index is -0.761. The number of hydrogen-bond donors (Lipinski definition) is 0. The number of rotatable bonds is 55. The third kappa shape index (κ3) is 51.8. The molecule has 0 aliphatic rings. The molecule has 0 fully saturated rings. The predicted molar refractivity (Wildman–Crippen MR) is 284 cm³/mol. The first kappa shape index (κ1) is 64.4. The van der Waals surface area contributed by atoms with Gasteiger partial charge in [0, 0.05) is 19.3 Å². The van der Waals surface area contributed by atoms with E-state index in [1.165, 1.54) is 238 Å². The molecule has 66 heavy (non-hydrogen) atoms. The van der Waals surface area contributed by atoms with Gasteiger partial charge in [0.05, 0.1) is 0 Å². The fourth-order valence-electron chi connectivity index (χ4n) is 9.25. The quantitative estimate of drug-likeness (QED) is 0.0343. The largest absolute Gasteiger partial charge is 0.462 e. The molecule has 6 nitrogen and oxygen atoms in total. The van der Waals surface area contributed by atoms with Crippen molar-refractivity contribution in [3.63, 3.8) is 0 Å². The van der Waals surface area contributed by atoms with Gasteiger partial charge in [-0.3, -0.25) is 14.4 Å². The second-order valence-corrected chi connectivity index (χ2v) is 20.9. The first-order chi connectivity index (χ1) is 32.4. The van der Waals surface area contributed by atoms with Gasteiger partial charge in [-0.1, -0.05) is 304 Å². The summed E-state index contributed by atoms with van der Waals surface area (Å²) in [5.41, 5.74) is 0. The van der Waals surface area contributed by atoms with Crippen LogP contribution in [0.25, 0.3) is 0 Å². The minimum Gasteiger partial charge on any atom is -0.462 e. The average Bonchev–Trinajstić information content (AvgIpc) is 3.32. The van der Waals surface area contributed by atoms with E-state index in [2.05, 4.69) is 27.7 Å². The Hall–Kier alpha value is -1.59. The highest BCUT2D eigenvalue weighted by atomic mass is 16.6. The van der Waals surface area contributed by atoms with Gasteiger partial charge in [-0.2, -0.15) is 0 Å². The van der Waals surface area contributed by atoms with Crippen LogP contribution in [0.2, 0.25) is 0 Å². The fourth-order valence-corrected chi connectivity index (χ4v) is 9.25. The van der Waals surface area contributed by atoms with Gasteiger partial charge in [0.2, 0.25) is 0 Å². The molecule has 0 amide bonds. The highest BCUT2D eigenvalue weighted by molar-refractivity contribution is 5.71. The van der Waals surface area contributed by atoms with Gasteiger partial charge in [0.25, 0.3) is 0 Å². The lowest BCUT2D eigenvalue weighted by molar-refractivity contribution is -0.167. The molecule has 6 heteroatoms. The third-order valence-corrected chi connectivity index (χ3v) is 14.2. The summed E-state index contributed by atoms with van der Waals surface area (Å²) in [6.45, 7) is 9.10. The topological polar surface area (TPSA) is 78.9 Å². The van der Waals surface area contributed by atoms with Crippen LogP contribution >= 0.6 is 0 Å². The molecule has 2 atom stereocenters. The zero-order valence-corrected chi connectivity index (χ0v) is 45.2. The van der Waals surface area contributed by atoms with Crippen LogP contribution in [0.4, 0.5) is 0 Å². The molecule has 0 rings (SSSR count). The molecular formula is C60H116O6. The molecule has 1 unspecified atom stereocenters. The molecule has 392 valence electrons. The normalized spacial score (nSPS) is 12.4. The molecule has 0 saturated carbocycles. The molecule has 0 aromatic heterocycles. The summed E-state index contributed by atoms with van der Waals surface area (Å²) >= 11 is 0. The van der Waals surface area contributed by atoms with Gasteiger partial charge in [-0.25, -0.2) is 0 Å². The standard InChI is InChI=1S/C60H116O6/c1-5-8-10-12-14-16-18-19-20-26-29-32-36-40-44-48-52-59(62)65-55-57(54-64-58(61)51-47-43-39-35-17-15-13-11-9-6-2)66-60(63)53-49-45-41-37-33-30-27-24-22-21-23-25-28-31-34-38-42-46-50-56(4)7-3/h56-57H,5-55H2,1-4H3/t56?,57-/m1/s1. The number of carbonyl (C=O) groups is 3. The molecule has 0 aromatic rings. The van der Waals surface area contributed by atoms with Crippen LogP contribution in [0.3, 0.4) is 0 Å². The number of carbonyl (C=O) groups excluding carboxylic acids is 3. The van der Waals surface area contributed by atoms with Gasteiger partial charge in [0.15, 0.2) is 6.10 Å². The van der Waals surface area contributed by atoms with Crippen LogP contribution in [0, 0.1) is 5.92 Å². The Balaban J connectivity index is 4.20. The highest BCUT2D eigenvalue weighted by Gasteiger charge is 2.19. The number of esters is 3. The van der Waals surface area contributed by atoms with Crippen molar-refractivity contribution in [2.24, 2.45) is 5.92 Å². The van der Waals surface area contributed by atoms with Crippen LogP contribution in [-0.2, 0) is 28.6 Å². The van der Waals surface area contributed by atoms with Crippen LogP contribution in [0.1, 0.15) is 342 Å². The minimum absolute atomic E-state index is 0.0617. The van der Waals surface area contributed by atoms with Crippen molar-refractivity contribution >= 4 is 17.9 Å². The summed E-state index contributed by atoms with van der Waals surface area (Å²) in [5.74, 6) is 0.0739. The fraction of sp³-hybridized carbons (Fsp3) is 0.950. The molecule has 0 saturated heterocycles. The molecule has 0 N–H and O–H groups in total. The molecular weight excluding hydrogens is 817 g/mol. The van der Waals surface area contributed by atoms with Gasteiger partial charge in [-0.15, -0.1) is 0 Å². The Morgan fingerprint density at radius 1 is 0.303 bits per heavy atom. The molecule has 0 aliphatic heterocycles. The van der Waals surface area contributed by atoms with E-state index in [1.807, 2.05) is 0 Å². The van der Waals surface area contributed by atoms with Crippen molar-refractivity contribution in [3.05, 3.63) is 0 Å². The number of ether oxygens (including phenoxy) is 3. The van der Waals surface area contributed by atoms with E-state index in [-0.39, 0.29) is 31.1 Å². The summed E-state index contributed by atoms with van der Waals surface area (Å²) in [5, 5.41) is 0. The second-order valence-electron chi connectivity index (χ2n) is 20.9. The average molecular weight is 934 g/mol. The SMILES string of the molecule is CCCCCCCCCCCCCCCCCCC(=O)OC[C@@H](COC(=O)CCCCCCCCCCCC)OC(=O)CCCCCCCCCCCCCCCCCCCCC(C)CC. The summed E-state index contributed by atoms with van der Waals surface area (Å²) in [6.07, 6.45) is 59.5. The van der Waals surface area contributed by atoms with Crippen LogP contribution < -0.4 is 0 Å². The van der Waals surface area contributed by atoms with E-state index in [4.69, 9.17) is 14.2 Å². The summed E-state index contributed by atoms with van der Waals surface area (Å²) in [4.78, 5) is 38.1. The second kappa shape index (κ2) is 54.4. The van der Waals surface area contributed by atoms with E-state index >= 15 is 0 Å². The summed E-state index contributed by atoms with van der Waals surface area (Å²) < 4.78 is 16.9. The van der Waals surface area contributed by atoms with Gasteiger partial charge in [0.1, 0.15) is 13.2 Å². The molecule has 0 radical (unpaired) electrons. The zero-order chi connectivity index (χ0) is 48.1. The Morgan fingerprint density at radius 2 is 0.530 bits per heavy atom. The van der Waals surface area contributed by atoms with E-state index in [0.29, 0.717) is 19.3 Å². The van der Waals surface area contributed by atoms with Crippen LogP contribution in [-0.4, -0.2) is 37.2 Å². The maximum absolute atomic E-state index is 12.9. The van der Waals surface area contributed by atoms with Crippen molar-refractivity contribution in [2.45, 2.75) is 348 Å². The van der Waals surface area contributed by atoms with E-state index in [0.717, 1.165) is 63.7 Å². The Morgan fingerprint density at radius 3 is 0.788 bits per heavy atom. The van der Waals surface area contributed by atoms with E-state index in [9.17, 15) is 14.4 Å². The van der Waals surface area contributed by atoms with Crippen molar-refractivity contribution in [1.29, 1.82) is 0 Å². The number of unbranched alkanes of at least 4 members (excludes halogenated alkanes) is 41. The first-order valence-electron chi connectivity index (χ1n) is 29.9. The van der Waals surface area contributed by atoms with Crippen molar-refractivity contribution in [3.8, 4) is 0 Å². The lowest BCUT2D eigenvalue weighted by atomic mass is 9.99. The Bertz CT molecular complexity index is 998. The monoisotopic (exact) mass is 933 g/mol. The predicted octanol–water partition coefficient (Wildman–Crippen LogP) is 19.8. The molecule has 0 heterocycles. The third-order valence-electron chi connectivity index (χ3n) is 14.2. The van der Waals surface area contributed by atoms with Crippen molar-refractivity contribution < 1.29 is 28.6 Å². The van der Waals surface area contributed by atoms with Crippen molar-refractivity contribution in [2.75, 3.05) is 13.2 Å². The maximum atomic E-state index is 12.9.